The molecule has 2 unspecified atom stereocenters. The Labute approximate surface area is 401 Å². The molecule has 362 valence electrons. The Hall–Kier alpha value is -5.39. The van der Waals surface area contributed by atoms with E-state index in [0.29, 0.717) is 37.3 Å². The van der Waals surface area contributed by atoms with Gasteiger partial charge in [0.15, 0.2) is 5.82 Å². The van der Waals surface area contributed by atoms with Crippen LogP contribution < -0.4 is 24.0 Å². The molecule has 0 radical (unpaired) electrons. The second-order valence-electron chi connectivity index (χ2n) is 19.1. The van der Waals surface area contributed by atoms with Crippen LogP contribution in [0.2, 0.25) is 10.0 Å². The highest BCUT2D eigenvalue weighted by molar-refractivity contribution is 6.35. The number of aromatic nitrogens is 3. The lowest BCUT2D eigenvalue weighted by molar-refractivity contribution is -0.137. The summed E-state index contributed by atoms with van der Waals surface area (Å²) in [6.45, 7) is 7.19. The predicted octanol–water partition coefficient (Wildman–Crippen LogP) is 10.9. The monoisotopic (exact) mass is 983 g/mol. The van der Waals surface area contributed by atoms with Crippen LogP contribution in [0.25, 0.3) is 22.2 Å². The van der Waals surface area contributed by atoms with Crippen LogP contribution >= 0.6 is 23.2 Å². The lowest BCUT2D eigenvalue weighted by Gasteiger charge is -2.42. The Morgan fingerprint density at radius 1 is 0.868 bits per heavy atom. The first-order chi connectivity index (χ1) is 32.3. The molecule has 19 heteroatoms. The third-order valence-electron chi connectivity index (χ3n) is 13.3. The normalized spacial score (nSPS) is 21.6. The van der Waals surface area contributed by atoms with Gasteiger partial charge in [-0.2, -0.15) is 23.1 Å². The van der Waals surface area contributed by atoms with Crippen molar-refractivity contribution < 1.29 is 45.7 Å². The van der Waals surface area contributed by atoms with Gasteiger partial charge in [0.25, 0.3) is 0 Å². The standard InChI is InChI=1S/C49H52Cl2F5N7O5/c1-47(2,3)68-46(64)61-25-31-11-12-32(26-61)63(31)44-35-19-36(50)39(41(53)42(35)58-45(59-44)67-27-48-17-6-18-62(48)24-30(52)21-48)43-40(49(54,55)56)37(51)20-38(57-43)60(22-28-7-13-33(65-4)14-8-28)23-29-9-15-34(66-5)16-10-29/h7-10,13-16,19-20,30-32H,6,11-12,17-18,21-27H2,1-5H3/t30-,31?,32?,48+/m1/s1. The average molecular weight is 985 g/mol. The van der Waals surface area contributed by atoms with Crippen LogP contribution in [0, 0.1) is 5.82 Å². The van der Waals surface area contributed by atoms with Crippen LogP contribution in [-0.2, 0) is 24.0 Å². The summed E-state index contributed by atoms with van der Waals surface area (Å²) in [6.07, 6.45) is -3.55. The Balaban J connectivity index is 1.18. The van der Waals surface area contributed by atoms with Crippen LogP contribution in [0.15, 0.2) is 60.7 Å². The van der Waals surface area contributed by atoms with Crippen molar-refractivity contribution in [3.63, 3.8) is 0 Å². The van der Waals surface area contributed by atoms with Crippen LogP contribution in [0.1, 0.15) is 69.6 Å². The number of anilines is 2. The molecule has 68 heavy (non-hydrogen) atoms. The fourth-order valence-corrected chi connectivity index (χ4v) is 10.8. The molecule has 9 rings (SSSR count). The fraction of sp³-hybridized carbons (Fsp3) is 0.469. The molecule has 4 atom stereocenters. The first-order valence-electron chi connectivity index (χ1n) is 22.6. The van der Waals surface area contributed by atoms with Gasteiger partial charge in [0.2, 0.25) is 0 Å². The molecular formula is C49H52Cl2F5N7O5. The van der Waals surface area contributed by atoms with Gasteiger partial charge in [-0.05, 0) is 101 Å². The zero-order chi connectivity index (χ0) is 48.3. The number of hydrogen-bond donors (Lipinski definition) is 0. The van der Waals surface area contributed by atoms with E-state index >= 15 is 17.6 Å². The van der Waals surface area contributed by atoms with Gasteiger partial charge in [-0.25, -0.2) is 18.6 Å². The first kappa shape index (κ1) is 47.7. The van der Waals surface area contributed by atoms with Crippen molar-refractivity contribution in [1.29, 1.82) is 0 Å². The molecule has 0 aliphatic carbocycles. The van der Waals surface area contributed by atoms with Crippen molar-refractivity contribution in [1.82, 2.24) is 24.8 Å². The molecule has 2 bridgehead atoms. The smallest absolute Gasteiger partial charge is 0.419 e. The lowest BCUT2D eigenvalue weighted by atomic mass is 9.95. The summed E-state index contributed by atoms with van der Waals surface area (Å²) >= 11 is 13.6. The van der Waals surface area contributed by atoms with E-state index in [4.69, 9.17) is 47.1 Å². The second-order valence-corrected chi connectivity index (χ2v) is 19.9. The van der Waals surface area contributed by atoms with Gasteiger partial charge in [-0.3, -0.25) is 4.90 Å². The Bertz CT molecular complexity index is 2630. The summed E-state index contributed by atoms with van der Waals surface area (Å²) in [4.78, 5) is 34.7. The number of hydrogen-bond acceptors (Lipinski definition) is 11. The van der Waals surface area contributed by atoms with Gasteiger partial charge in [0.05, 0.1) is 41.1 Å². The van der Waals surface area contributed by atoms with Gasteiger partial charge in [-0.15, -0.1) is 0 Å². The second kappa shape index (κ2) is 18.5. The summed E-state index contributed by atoms with van der Waals surface area (Å²) < 4.78 is 101. The van der Waals surface area contributed by atoms with E-state index in [2.05, 4.69) is 14.9 Å². The van der Waals surface area contributed by atoms with Crippen LogP contribution in [-0.4, -0.2) is 107 Å². The zero-order valence-corrected chi connectivity index (χ0v) is 39.8. The molecule has 0 saturated carbocycles. The van der Waals surface area contributed by atoms with Crippen molar-refractivity contribution in [3.8, 4) is 28.8 Å². The first-order valence-corrected chi connectivity index (χ1v) is 23.4. The van der Waals surface area contributed by atoms with Crippen LogP contribution in [0.5, 0.6) is 17.5 Å². The summed E-state index contributed by atoms with van der Waals surface area (Å²) in [7, 11) is 3.08. The van der Waals surface area contributed by atoms with Gasteiger partial charge in [0.1, 0.15) is 52.6 Å². The number of rotatable bonds is 12. The number of ether oxygens (including phenoxy) is 4. The largest absolute Gasteiger partial charge is 0.497 e. The van der Waals surface area contributed by atoms with E-state index < -0.39 is 62.3 Å². The molecule has 2 aromatic heterocycles. The molecule has 3 aromatic carbocycles. The number of pyridine rings is 1. The quantitative estimate of drug-likeness (QED) is 0.112. The minimum Gasteiger partial charge on any atom is -0.497 e. The number of benzene rings is 3. The average Bonchev–Trinajstić information content (AvgIpc) is 3.90. The van der Waals surface area contributed by atoms with Crippen LogP contribution in [0.4, 0.5) is 38.4 Å². The maximum atomic E-state index is 17.9. The third kappa shape index (κ3) is 9.49. The highest BCUT2D eigenvalue weighted by Gasteiger charge is 2.50. The molecule has 5 aromatic rings. The number of amides is 1. The maximum Gasteiger partial charge on any atom is 0.419 e. The molecule has 12 nitrogen and oxygen atoms in total. The van der Waals surface area contributed by atoms with E-state index in [0.717, 1.165) is 23.6 Å². The van der Waals surface area contributed by atoms with E-state index in [1.54, 1.807) is 54.8 Å². The third-order valence-corrected chi connectivity index (χ3v) is 13.9. The molecule has 4 aliphatic heterocycles. The van der Waals surface area contributed by atoms with Gasteiger partial charge in [-0.1, -0.05) is 47.5 Å². The molecule has 0 spiro atoms. The van der Waals surface area contributed by atoms with Crippen LogP contribution in [0.3, 0.4) is 0 Å². The Kier molecular flexibility index (Phi) is 13.0. The van der Waals surface area contributed by atoms with Crippen molar-refractivity contribution >= 4 is 51.8 Å². The summed E-state index contributed by atoms with van der Waals surface area (Å²) in [5.74, 6) is 0.269. The molecule has 4 fully saturated rings. The lowest BCUT2D eigenvalue weighted by Crippen LogP contribution is -2.56. The predicted molar refractivity (Wildman–Crippen MR) is 249 cm³/mol. The zero-order valence-electron chi connectivity index (χ0n) is 38.3. The minimum atomic E-state index is -5.11. The molecule has 4 saturated heterocycles. The molecule has 1 amide bonds. The summed E-state index contributed by atoms with van der Waals surface area (Å²) in [6, 6.07) is 16.0. The van der Waals surface area contributed by atoms with Gasteiger partial charge in [0, 0.05) is 56.6 Å². The summed E-state index contributed by atoms with van der Waals surface area (Å²) in [5.41, 5.74) is -3.06. The minimum absolute atomic E-state index is 0.00929. The fourth-order valence-electron chi connectivity index (χ4n) is 10.2. The number of halogens is 7. The van der Waals surface area contributed by atoms with Crippen molar-refractivity contribution in [3.05, 3.63) is 93.2 Å². The van der Waals surface area contributed by atoms with E-state index in [1.807, 2.05) is 29.2 Å². The molecule has 6 heterocycles. The molecule has 0 N–H and O–H groups in total. The maximum absolute atomic E-state index is 17.9. The number of likely N-dealkylation sites (tertiary alicyclic amines) is 1. The van der Waals surface area contributed by atoms with E-state index in [-0.39, 0.29) is 86.4 Å². The number of piperazine rings is 1. The number of carbonyl (C=O) groups is 1. The number of carbonyl (C=O) groups excluding carboxylic acids is 1. The number of methoxy groups -OCH3 is 2. The Morgan fingerprint density at radius 2 is 1.49 bits per heavy atom. The molecule has 4 aliphatic rings. The van der Waals surface area contributed by atoms with Crippen molar-refractivity contribution in [2.24, 2.45) is 0 Å². The summed E-state index contributed by atoms with van der Waals surface area (Å²) in [5, 5.41) is -0.998. The van der Waals surface area contributed by atoms with E-state index in [1.165, 1.54) is 20.3 Å². The molecular weight excluding hydrogens is 932 g/mol. The highest BCUT2D eigenvalue weighted by atomic mass is 35.5. The number of fused-ring (bicyclic) bond motifs is 4. The van der Waals surface area contributed by atoms with Crippen molar-refractivity contribution in [2.75, 3.05) is 56.8 Å². The highest BCUT2D eigenvalue weighted by Crippen LogP contribution is 2.48. The van der Waals surface area contributed by atoms with Gasteiger partial charge < -0.3 is 33.6 Å². The van der Waals surface area contributed by atoms with Crippen molar-refractivity contribution in [2.45, 2.75) is 102 Å². The van der Waals surface area contributed by atoms with E-state index in [9.17, 15) is 9.18 Å². The van der Waals surface area contributed by atoms with Gasteiger partial charge >= 0.3 is 18.3 Å². The topological polar surface area (TPSA) is 106 Å². The number of nitrogens with zero attached hydrogens (tertiary/aromatic N) is 7. The SMILES string of the molecule is COc1ccc(CN(Cc2ccc(OC)cc2)c2cc(Cl)c(C(F)(F)F)c(-c3c(Cl)cc4c(N5C6CCC5CN(C(=O)OC(C)(C)C)C6)nc(OC[C@@]56CCCN5C[C@H](F)C6)nc4c3F)n2)cc1. The number of alkyl halides is 4. The Morgan fingerprint density at radius 3 is 2.06 bits per heavy atom.